The van der Waals surface area contributed by atoms with Gasteiger partial charge in [0.25, 0.3) is 5.56 Å². The van der Waals surface area contributed by atoms with Crippen LogP contribution in [0.1, 0.15) is 16.7 Å². The lowest BCUT2D eigenvalue weighted by molar-refractivity contribution is -0.143. The molecule has 0 amide bonds. The van der Waals surface area contributed by atoms with E-state index in [2.05, 4.69) is 5.43 Å². The molecule has 0 saturated heterocycles. The summed E-state index contributed by atoms with van der Waals surface area (Å²) < 4.78 is 6.49. The van der Waals surface area contributed by atoms with Gasteiger partial charge in [-0.1, -0.05) is 89.9 Å². The van der Waals surface area contributed by atoms with Crippen molar-refractivity contribution >= 4 is 34.9 Å². The number of esters is 1. The summed E-state index contributed by atoms with van der Waals surface area (Å²) in [5.74, 6) is -0.599. The van der Waals surface area contributed by atoms with Gasteiger partial charge in [0.2, 0.25) is 0 Å². The van der Waals surface area contributed by atoms with Crippen molar-refractivity contribution in [3.8, 4) is 11.1 Å². The van der Waals surface area contributed by atoms with Gasteiger partial charge in [-0.05, 0) is 41.3 Å². The Hall–Kier alpha value is -3.62. The first-order valence-corrected chi connectivity index (χ1v) is 12.6. The summed E-state index contributed by atoms with van der Waals surface area (Å²) >= 11 is 12.6. The van der Waals surface area contributed by atoms with Crippen LogP contribution >= 0.6 is 23.2 Å². The summed E-state index contributed by atoms with van der Waals surface area (Å²) in [6.07, 6.45) is 1.79. The zero-order valence-electron chi connectivity index (χ0n) is 20.9. The molecular weight excluding hydrogens is 525 g/mol. The number of nitrogens with zero attached hydrogens (tertiary/aromatic N) is 2. The number of hydrazine groups is 1. The van der Waals surface area contributed by atoms with E-state index < -0.39 is 12.0 Å². The van der Waals surface area contributed by atoms with E-state index in [-0.39, 0.29) is 22.7 Å². The number of rotatable bonds is 9. The first-order chi connectivity index (χ1) is 18.3. The van der Waals surface area contributed by atoms with Crippen LogP contribution in [-0.2, 0) is 22.5 Å². The van der Waals surface area contributed by atoms with Crippen LogP contribution in [0.2, 0.25) is 10.0 Å². The number of ether oxygens (including phenoxy) is 1. The predicted octanol–water partition coefficient (Wildman–Crippen LogP) is 5.77. The quantitative estimate of drug-likeness (QED) is 0.210. The van der Waals surface area contributed by atoms with Gasteiger partial charge in [-0.15, -0.1) is 0 Å². The number of para-hydroxylation sites is 1. The van der Waals surface area contributed by atoms with Gasteiger partial charge in [-0.2, -0.15) is 0 Å². The van der Waals surface area contributed by atoms with E-state index in [9.17, 15) is 14.8 Å². The van der Waals surface area contributed by atoms with Crippen LogP contribution in [0, 0.1) is 12.1 Å². The molecule has 9 heteroatoms. The summed E-state index contributed by atoms with van der Waals surface area (Å²) in [5, 5.41) is 14.0. The molecule has 0 aliphatic rings. The fourth-order valence-corrected chi connectivity index (χ4v) is 4.70. The second-order valence-corrected chi connectivity index (χ2v) is 9.64. The van der Waals surface area contributed by atoms with Crippen LogP contribution < -0.4 is 16.2 Å². The molecule has 1 unspecified atom stereocenters. The Kier molecular flexibility index (Phi) is 8.86. The van der Waals surface area contributed by atoms with Crippen molar-refractivity contribution in [2.75, 3.05) is 12.3 Å². The molecule has 3 aromatic carbocycles. The first kappa shape index (κ1) is 27.4. The molecule has 38 heavy (non-hydrogen) atoms. The SMILES string of the molecule is COC(=O)C(Cc1ccc(-c2cc(Cl)cn(Cc3ccccc3)c2=O)cc1)NN([O-])c1c(C)cccc1Cl. The average Bonchev–Trinajstić information content (AvgIpc) is 2.90. The van der Waals surface area contributed by atoms with Crippen LogP contribution in [0.25, 0.3) is 11.1 Å². The molecule has 1 atom stereocenters. The lowest BCUT2D eigenvalue weighted by Crippen LogP contribution is -2.48. The molecule has 0 radical (unpaired) electrons. The van der Waals surface area contributed by atoms with Crippen LogP contribution in [0.5, 0.6) is 0 Å². The minimum absolute atomic E-state index is 0.169. The van der Waals surface area contributed by atoms with Gasteiger partial charge >= 0.3 is 5.97 Å². The van der Waals surface area contributed by atoms with Crippen LogP contribution in [-0.4, -0.2) is 23.7 Å². The van der Waals surface area contributed by atoms with E-state index in [1.54, 1.807) is 66.2 Å². The molecule has 0 fully saturated rings. The van der Waals surface area contributed by atoms with Gasteiger partial charge < -0.3 is 19.7 Å². The third kappa shape index (κ3) is 6.44. The monoisotopic (exact) mass is 550 g/mol. The van der Waals surface area contributed by atoms with Crippen molar-refractivity contribution in [2.24, 2.45) is 0 Å². The minimum Gasteiger partial charge on any atom is -0.743 e. The molecule has 7 nitrogen and oxygen atoms in total. The number of halogens is 2. The number of hydrogen-bond acceptors (Lipinski definition) is 6. The Balaban J connectivity index is 1.55. The number of aryl methyl sites for hydroxylation is 1. The highest BCUT2D eigenvalue weighted by molar-refractivity contribution is 6.33. The molecule has 1 N–H and O–H groups in total. The number of aromatic nitrogens is 1. The van der Waals surface area contributed by atoms with Crippen LogP contribution in [0.4, 0.5) is 5.69 Å². The highest BCUT2D eigenvalue weighted by Crippen LogP contribution is 2.28. The number of carbonyl (C=O) groups excluding carboxylic acids is 1. The van der Waals surface area contributed by atoms with Gasteiger partial charge in [0.1, 0.15) is 6.04 Å². The van der Waals surface area contributed by atoms with Crippen molar-refractivity contribution in [1.82, 2.24) is 9.99 Å². The first-order valence-electron chi connectivity index (χ1n) is 11.9. The molecule has 1 heterocycles. The Morgan fingerprint density at radius 1 is 1.03 bits per heavy atom. The van der Waals surface area contributed by atoms with E-state index in [1.165, 1.54) is 7.11 Å². The molecule has 4 aromatic rings. The fourth-order valence-electron chi connectivity index (χ4n) is 4.17. The van der Waals surface area contributed by atoms with E-state index in [1.807, 2.05) is 30.3 Å². The summed E-state index contributed by atoms with van der Waals surface area (Å²) in [7, 11) is 1.26. The molecule has 0 aliphatic heterocycles. The van der Waals surface area contributed by atoms with Crippen molar-refractivity contribution in [2.45, 2.75) is 25.9 Å². The molecule has 196 valence electrons. The van der Waals surface area contributed by atoms with Gasteiger partial charge in [0.15, 0.2) is 0 Å². The van der Waals surface area contributed by atoms with Crippen LogP contribution in [0.3, 0.4) is 0 Å². The second kappa shape index (κ2) is 12.3. The number of carbonyl (C=O) groups is 1. The Morgan fingerprint density at radius 3 is 2.39 bits per heavy atom. The Labute approximate surface area is 230 Å². The molecule has 0 aliphatic carbocycles. The van der Waals surface area contributed by atoms with Gasteiger partial charge in [0.05, 0.1) is 29.4 Å². The number of hydrogen-bond donors (Lipinski definition) is 1. The van der Waals surface area contributed by atoms with Crippen molar-refractivity contribution in [1.29, 1.82) is 0 Å². The molecule has 1 aromatic heterocycles. The summed E-state index contributed by atoms with van der Waals surface area (Å²) in [5.41, 5.74) is 6.26. The average molecular weight is 551 g/mol. The maximum atomic E-state index is 13.2. The fraction of sp³-hybridized carbons (Fsp3) is 0.172. The van der Waals surface area contributed by atoms with Gasteiger partial charge in [0, 0.05) is 18.2 Å². The van der Waals surface area contributed by atoms with E-state index in [4.69, 9.17) is 27.9 Å². The van der Waals surface area contributed by atoms with Crippen molar-refractivity contribution in [3.05, 3.63) is 127 Å². The standard InChI is InChI=1S/C29H26Cl2N3O4/c1-19-7-6-10-25(31)27(19)34(37)32-26(29(36)38-2)15-20-11-13-22(14-12-20)24-16-23(30)18-33(28(24)35)17-21-8-4-3-5-9-21/h3-14,16,18,26,32H,15,17H2,1-2H3/q-1. The third-order valence-corrected chi connectivity index (χ3v) is 6.62. The van der Waals surface area contributed by atoms with Crippen LogP contribution in [0.15, 0.2) is 89.9 Å². The second-order valence-electron chi connectivity index (χ2n) is 8.80. The van der Waals surface area contributed by atoms with Crippen molar-refractivity contribution < 1.29 is 9.53 Å². The molecular formula is C29H26Cl2N3O4-. The third-order valence-electron chi connectivity index (χ3n) is 6.10. The molecule has 0 bridgehead atoms. The lowest BCUT2D eigenvalue weighted by atomic mass is 10.0. The largest absolute Gasteiger partial charge is 0.743 e. The number of benzene rings is 3. The normalized spacial score (nSPS) is 11.7. The lowest BCUT2D eigenvalue weighted by Gasteiger charge is -2.36. The maximum absolute atomic E-state index is 13.2. The summed E-state index contributed by atoms with van der Waals surface area (Å²) in [6, 6.07) is 22.6. The topological polar surface area (TPSA) is 86.6 Å². The van der Waals surface area contributed by atoms with E-state index >= 15 is 0 Å². The van der Waals surface area contributed by atoms with Gasteiger partial charge in [-0.3, -0.25) is 9.59 Å². The highest BCUT2D eigenvalue weighted by Gasteiger charge is 2.21. The predicted molar refractivity (Wildman–Crippen MR) is 151 cm³/mol. The smallest absolute Gasteiger partial charge is 0.324 e. The zero-order valence-corrected chi connectivity index (χ0v) is 22.4. The van der Waals surface area contributed by atoms with E-state index in [0.29, 0.717) is 33.4 Å². The van der Waals surface area contributed by atoms with Crippen molar-refractivity contribution in [3.63, 3.8) is 0 Å². The summed E-state index contributed by atoms with van der Waals surface area (Å²) in [4.78, 5) is 25.7. The number of pyridine rings is 1. The number of anilines is 1. The summed E-state index contributed by atoms with van der Waals surface area (Å²) in [6.45, 7) is 2.15. The highest BCUT2D eigenvalue weighted by atomic mass is 35.5. The molecule has 4 rings (SSSR count). The maximum Gasteiger partial charge on any atom is 0.324 e. The molecule has 0 spiro atoms. The van der Waals surface area contributed by atoms with E-state index in [0.717, 1.165) is 11.1 Å². The van der Waals surface area contributed by atoms with Gasteiger partial charge in [-0.25, -0.2) is 5.43 Å². The Morgan fingerprint density at radius 2 is 1.74 bits per heavy atom. The Bertz CT molecular complexity index is 1450. The number of methoxy groups -OCH3 is 1. The number of nitrogens with one attached hydrogen (secondary N) is 1. The minimum atomic E-state index is -0.965. The molecule has 0 saturated carbocycles. The zero-order chi connectivity index (χ0) is 27.2.